The third-order valence-corrected chi connectivity index (χ3v) is 11.1. The molecule has 248 valence electrons. The fraction of sp³-hybridized carbons (Fsp3) is 0.0588. The van der Waals surface area contributed by atoms with Crippen molar-refractivity contribution in [2.45, 2.75) is 21.3 Å². The molecule has 1 aliphatic carbocycles. The summed E-state index contributed by atoms with van der Waals surface area (Å²) in [7, 11) is 0. The van der Waals surface area contributed by atoms with Crippen LogP contribution in [0.2, 0.25) is 0 Å². The Kier molecular flexibility index (Phi) is 7.27. The fourth-order valence-electron chi connectivity index (χ4n) is 8.73. The van der Waals surface area contributed by atoms with E-state index in [2.05, 4.69) is 147 Å². The molecular weight excluding hydrogens is 641 g/mol. The van der Waals surface area contributed by atoms with E-state index >= 15 is 0 Å². The second-order valence-electron chi connectivity index (χ2n) is 14.0. The van der Waals surface area contributed by atoms with Crippen LogP contribution in [0.25, 0.3) is 98.7 Å². The first-order chi connectivity index (χ1) is 25.5. The monoisotopic (exact) mass is 674 g/mol. The number of nitrogens with zero attached hydrogens (tertiary/aromatic N) is 2. The number of benzene rings is 9. The average Bonchev–Trinajstić information content (AvgIpc) is 3.50. The van der Waals surface area contributed by atoms with E-state index in [0.29, 0.717) is 11.1 Å². The first kappa shape index (κ1) is 31.9. The lowest BCUT2D eigenvalue weighted by atomic mass is 9.86. The lowest BCUT2D eigenvalue weighted by Crippen LogP contribution is -1.91. The summed E-state index contributed by atoms with van der Waals surface area (Å²) in [4.78, 5) is 0. The molecule has 0 heterocycles. The molecule has 1 aliphatic rings. The molecule has 0 unspecified atom stereocenters. The number of fused-ring (bicyclic) bond motifs is 8. The fourth-order valence-corrected chi connectivity index (χ4v) is 8.73. The third-order valence-electron chi connectivity index (χ3n) is 11.1. The highest BCUT2D eigenvalue weighted by molar-refractivity contribution is 6.27. The normalized spacial score (nSPS) is 11.4. The quantitative estimate of drug-likeness (QED) is 0.175. The van der Waals surface area contributed by atoms with Gasteiger partial charge < -0.3 is 0 Å². The van der Waals surface area contributed by atoms with Gasteiger partial charge in [0.1, 0.15) is 0 Å². The molecule has 0 fully saturated rings. The molecule has 0 saturated carbocycles. The van der Waals surface area contributed by atoms with Gasteiger partial charge in [0.15, 0.2) is 0 Å². The molecule has 0 N–H and O–H groups in total. The Bertz CT molecular complexity index is 3060. The first-order valence-corrected chi connectivity index (χ1v) is 17.6. The molecule has 0 saturated heterocycles. The van der Waals surface area contributed by atoms with Crippen LogP contribution < -0.4 is 0 Å². The molecular formula is C51H34N2. The SMILES string of the molecule is C.Cc1cccc(C)c1-c1ccc2c3c(cccc13)-c1cc3c(cc1-2)c(-c1ccc(C#N)cc1)cc1c2ccccc2c(-c2ccc(C#N)cc2)cc31. The van der Waals surface area contributed by atoms with Gasteiger partial charge in [-0.05, 0) is 172 Å². The van der Waals surface area contributed by atoms with Crippen LogP contribution >= 0.6 is 0 Å². The van der Waals surface area contributed by atoms with Crippen molar-refractivity contribution in [3.05, 3.63) is 168 Å². The first-order valence-electron chi connectivity index (χ1n) is 17.6. The molecule has 10 rings (SSSR count). The highest BCUT2D eigenvalue weighted by Gasteiger charge is 2.26. The van der Waals surface area contributed by atoms with Crippen LogP contribution in [0.3, 0.4) is 0 Å². The van der Waals surface area contributed by atoms with Gasteiger partial charge in [-0.15, -0.1) is 0 Å². The van der Waals surface area contributed by atoms with Gasteiger partial charge in [-0.1, -0.05) is 104 Å². The van der Waals surface area contributed by atoms with Crippen molar-refractivity contribution in [1.29, 1.82) is 10.5 Å². The zero-order chi connectivity index (χ0) is 35.1. The molecule has 0 aliphatic heterocycles. The van der Waals surface area contributed by atoms with Gasteiger partial charge in [0.25, 0.3) is 0 Å². The molecule has 9 aromatic rings. The van der Waals surface area contributed by atoms with E-state index in [1.54, 1.807) is 0 Å². The Balaban J connectivity index is 0.00000372. The third kappa shape index (κ3) is 4.70. The van der Waals surface area contributed by atoms with Crippen molar-refractivity contribution in [1.82, 2.24) is 0 Å². The zero-order valence-corrected chi connectivity index (χ0v) is 28.8. The maximum absolute atomic E-state index is 9.60. The van der Waals surface area contributed by atoms with E-state index < -0.39 is 0 Å². The number of nitriles is 2. The molecule has 0 aromatic heterocycles. The van der Waals surface area contributed by atoms with Gasteiger partial charge in [-0.3, -0.25) is 0 Å². The van der Waals surface area contributed by atoms with Gasteiger partial charge in [-0.2, -0.15) is 10.5 Å². The molecule has 0 bridgehead atoms. The topological polar surface area (TPSA) is 47.6 Å². The van der Waals surface area contributed by atoms with Crippen LogP contribution in [-0.4, -0.2) is 0 Å². The summed E-state index contributed by atoms with van der Waals surface area (Å²) in [5.74, 6) is 0. The lowest BCUT2D eigenvalue weighted by molar-refractivity contribution is 1.38. The van der Waals surface area contributed by atoms with Gasteiger partial charge in [0.05, 0.1) is 23.3 Å². The smallest absolute Gasteiger partial charge is 0.0991 e. The number of hydrogen-bond donors (Lipinski definition) is 0. The molecule has 0 atom stereocenters. The number of hydrogen-bond acceptors (Lipinski definition) is 2. The Hall–Kier alpha value is -7.00. The summed E-state index contributed by atoms with van der Waals surface area (Å²) in [5.41, 5.74) is 15.9. The van der Waals surface area contributed by atoms with Crippen molar-refractivity contribution in [2.24, 2.45) is 0 Å². The highest BCUT2D eigenvalue weighted by Crippen LogP contribution is 2.53. The van der Waals surface area contributed by atoms with E-state index in [1.165, 1.54) is 87.6 Å². The van der Waals surface area contributed by atoms with E-state index in [4.69, 9.17) is 0 Å². The number of rotatable bonds is 3. The van der Waals surface area contributed by atoms with Crippen LogP contribution in [0.1, 0.15) is 29.7 Å². The van der Waals surface area contributed by atoms with Crippen LogP contribution in [0, 0.1) is 36.5 Å². The number of aryl methyl sites for hydroxylation is 2. The largest absolute Gasteiger partial charge is 0.192 e. The predicted octanol–water partition coefficient (Wildman–Crippen LogP) is 13.9. The molecule has 53 heavy (non-hydrogen) atoms. The Morgan fingerprint density at radius 2 is 0.811 bits per heavy atom. The lowest BCUT2D eigenvalue weighted by Gasteiger charge is -2.17. The maximum atomic E-state index is 9.60. The van der Waals surface area contributed by atoms with Crippen molar-refractivity contribution >= 4 is 43.1 Å². The Morgan fingerprint density at radius 1 is 0.358 bits per heavy atom. The maximum Gasteiger partial charge on any atom is 0.0991 e. The van der Waals surface area contributed by atoms with Crippen molar-refractivity contribution < 1.29 is 0 Å². The predicted molar refractivity (Wildman–Crippen MR) is 223 cm³/mol. The summed E-state index contributed by atoms with van der Waals surface area (Å²) < 4.78 is 0. The summed E-state index contributed by atoms with van der Waals surface area (Å²) in [6.45, 7) is 4.41. The summed E-state index contributed by atoms with van der Waals surface area (Å²) in [5, 5.41) is 28.8. The summed E-state index contributed by atoms with van der Waals surface area (Å²) in [6.07, 6.45) is 0. The molecule has 9 aromatic carbocycles. The minimum absolute atomic E-state index is 0. The van der Waals surface area contributed by atoms with Crippen molar-refractivity contribution in [2.75, 3.05) is 0 Å². The van der Waals surface area contributed by atoms with Gasteiger partial charge in [-0.25, -0.2) is 0 Å². The van der Waals surface area contributed by atoms with Crippen LogP contribution in [-0.2, 0) is 0 Å². The van der Waals surface area contributed by atoms with Gasteiger partial charge in [0, 0.05) is 0 Å². The van der Waals surface area contributed by atoms with Crippen molar-refractivity contribution in [3.63, 3.8) is 0 Å². The molecule has 0 radical (unpaired) electrons. The van der Waals surface area contributed by atoms with Crippen LogP contribution in [0.15, 0.2) is 146 Å². The van der Waals surface area contributed by atoms with Crippen LogP contribution in [0.5, 0.6) is 0 Å². The van der Waals surface area contributed by atoms with Gasteiger partial charge >= 0.3 is 0 Å². The molecule has 0 spiro atoms. The molecule has 0 amide bonds. The average molecular weight is 675 g/mol. The Labute approximate surface area is 309 Å². The van der Waals surface area contributed by atoms with E-state index in [9.17, 15) is 10.5 Å². The van der Waals surface area contributed by atoms with E-state index in [-0.39, 0.29) is 7.43 Å². The second kappa shape index (κ2) is 12.1. The second-order valence-corrected chi connectivity index (χ2v) is 14.0. The van der Waals surface area contributed by atoms with E-state index in [0.717, 1.165) is 22.3 Å². The Morgan fingerprint density at radius 3 is 1.43 bits per heavy atom. The minimum Gasteiger partial charge on any atom is -0.192 e. The standard InChI is InChI=1S/C50H30N2.CH4/c1-29-7-5-8-30(2)49(29)39-21-22-40-45-25-46-42(34-19-15-32(28-52)16-20-34)24-43-36-10-4-3-9-35(36)41(33-17-13-31(27-51)14-18-33)23-47(43)48(46)26-44(45)38-12-6-11-37(39)50(38)40;/h3-26H,1-2H3;1H4. The highest BCUT2D eigenvalue weighted by atomic mass is 14.3. The molecule has 2 nitrogen and oxygen atoms in total. The summed E-state index contributed by atoms with van der Waals surface area (Å²) >= 11 is 0. The molecule has 2 heteroatoms. The van der Waals surface area contributed by atoms with Crippen LogP contribution in [0.4, 0.5) is 0 Å². The zero-order valence-electron chi connectivity index (χ0n) is 28.8. The van der Waals surface area contributed by atoms with E-state index in [1.807, 2.05) is 24.3 Å². The van der Waals surface area contributed by atoms with Gasteiger partial charge in [0.2, 0.25) is 0 Å². The summed E-state index contributed by atoms with van der Waals surface area (Å²) in [6, 6.07) is 56.6. The minimum atomic E-state index is 0. The van der Waals surface area contributed by atoms with Crippen molar-refractivity contribution in [3.8, 4) is 67.8 Å².